The molecule has 1 fully saturated rings. The van der Waals surface area contributed by atoms with Crippen molar-refractivity contribution in [2.75, 3.05) is 12.4 Å². The summed E-state index contributed by atoms with van der Waals surface area (Å²) in [5.41, 5.74) is 1.39. The number of aliphatic hydroxyl groups is 1. The number of rotatable bonds is 10. The second-order valence-corrected chi connectivity index (χ2v) is 14.3. The number of hydrogen-bond acceptors (Lipinski definition) is 6. The van der Waals surface area contributed by atoms with Gasteiger partial charge in [-0.3, -0.25) is 9.59 Å². The van der Waals surface area contributed by atoms with Crippen LogP contribution in [0.2, 0.25) is 10.0 Å². The lowest BCUT2D eigenvalue weighted by Crippen LogP contribution is -2.56. The van der Waals surface area contributed by atoms with Crippen molar-refractivity contribution < 1.29 is 27.9 Å². The summed E-state index contributed by atoms with van der Waals surface area (Å²) in [5.74, 6) is -0.945. The molecule has 0 radical (unpaired) electrons. The number of benzene rings is 2. The third-order valence-corrected chi connectivity index (χ3v) is 9.99. The van der Waals surface area contributed by atoms with Crippen molar-refractivity contribution in [1.82, 2.24) is 4.90 Å². The average molecular weight is 585 g/mol. The minimum atomic E-state index is -3.60. The second kappa shape index (κ2) is 12.5. The Bertz CT molecular complexity index is 1240. The van der Waals surface area contributed by atoms with Crippen LogP contribution in [0.4, 0.5) is 0 Å². The normalized spacial score (nSPS) is 21.4. The van der Waals surface area contributed by atoms with Gasteiger partial charge >= 0.3 is 0 Å². The van der Waals surface area contributed by atoms with Crippen LogP contribution < -0.4 is 0 Å². The second-order valence-electron chi connectivity index (χ2n) is 10.7. The summed E-state index contributed by atoms with van der Waals surface area (Å²) in [6.45, 7) is 6.46. The molecule has 208 valence electrons. The maximum absolute atomic E-state index is 14.0. The van der Waals surface area contributed by atoms with E-state index in [1.165, 1.54) is 0 Å². The Kier molecular flexibility index (Phi) is 10.0. The summed E-state index contributed by atoms with van der Waals surface area (Å²) in [6.07, 6.45) is -1.63. The predicted octanol–water partition coefficient (Wildman–Crippen LogP) is 5.34. The fourth-order valence-corrected chi connectivity index (χ4v) is 6.18. The van der Waals surface area contributed by atoms with E-state index in [1.807, 2.05) is 6.07 Å². The van der Waals surface area contributed by atoms with Gasteiger partial charge in [0.05, 0.1) is 16.5 Å². The number of amides is 1. The van der Waals surface area contributed by atoms with E-state index < -0.39 is 44.8 Å². The lowest BCUT2D eigenvalue weighted by atomic mass is 9.90. The summed E-state index contributed by atoms with van der Waals surface area (Å²) >= 11 is 12.5. The molecule has 1 aliphatic rings. The molecule has 1 saturated heterocycles. The summed E-state index contributed by atoms with van der Waals surface area (Å²) in [4.78, 5) is 28.2. The zero-order chi connectivity index (χ0) is 28.3. The van der Waals surface area contributed by atoms with Crippen molar-refractivity contribution in [2.45, 2.75) is 76.0 Å². The predicted molar refractivity (Wildman–Crippen MR) is 149 cm³/mol. The van der Waals surface area contributed by atoms with Gasteiger partial charge in [-0.15, -0.1) is 0 Å². The quantitative estimate of drug-likeness (QED) is 0.405. The van der Waals surface area contributed by atoms with Gasteiger partial charge in [-0.05, 0) is 69.5 Å². The van der Waals surface area contributed by atoms with Crippen LogP contribution in [-0.2, 0) is 24.2 Å². The first-order valence-corrected chi connectivity index (χ1v) is 15.0. The first-order chi connectivity index (χ1) is 17.7. The SMILES string of the molecule is C[C@@H](CS(=O)(=O)C(C)(C)C)N1C(=O)[C@@H](CC(=O)CCCO)O[C@H](c2cccc(Cl)c2)[C@H]1c1ccc(Cl)cc1. The molecule has 2 aromatic carbocycles. The van der Waals surface area contributed by atoms with E-state index >= 15 is 0 Å². The first-order valence-electron chi connectivity index (χ1n) is 12.6. The number of Topliss-reactive ketones (excluding diaryl/α,β-unsaturated/α-hetero) is 1. The van der Waals surface area contributed by atoms with Crippen molar-refractivity contribution in [1.29, 1.82) is 0 Å². The Labute approximate surface area is 235 Å². The van der Waals surface area contributed by atoms with Gasteiger partial charge in [0.1, 0.15) is 18.0 Å². The molecule has 0 aromatic heterocycles. The molecule has 0 bridgehead atoms. The monoisotopic (exact) mass is 583 g/mol. The molecular formula is C28H35Cl2NO6S. The molecule has 3 rings (SSSR count). The molecule has 38 heavy (non-hydrogen) atoms. The smallest absolute Gasteiger partial charge is 0.253 e. The summed E-state index contributed by atoms with van der Waals surface area (Å²) in [7, 11) is -3.60. The van der Waals surface area contributed by atoms with E-state index in [-0.39, 0.29) is 37.4 Å². The van der Waals surface area contributed by atoms with Crippen molar-refractivity contribution in [3.8, 4) is 0 Å². The van der Waals surface area contributed by atoms with Crippen LogP contribution >= 0.6 is 23.2 Å². The van der Waals surface area contributed by atoms with E-state index in [0.29, 0.717) is 21.2 Å². The molecule has 1 heterocycles. The number of nitrogens with zero attached hydrogens (tertiary/aromatic N) is 1. The number of sulfone groups is 1. The summed E-state index contributed by atoms with van der Waals surface area (Å²) < 4.78 is 31.7. The van der Waals surface area contributed by atoms with Crippen molar-refractivity contribution in [3.05, 3.63) is 69.7 Å². The van der Waals surface area contributed by atoms with Crippen LogP contribution in [0.1, 0.15) is 70.2 Å². The fourth-order valence-electron chi connectivity index (χ4n) is 4.56. The van der Waals surface area contributed by atoms with Gasteiger partial charge in [-0.25, -0.2) is 8.42 Å². The summed E-state index contributed by atoms with van der Waals surface area (Å²) in [5, 5.41) is 10.1. The Hall–Kier alpha value is -1.97. The van der Waals surface area contributed by atoms with E-state index in [4.69, 9.17) is 33.0 Å². The topological polar surface area (TPSA) is 101 Å². The maximum atomic E-state index is 14.0. The van der Waals surface area contributed by atoms with Crippen LogP contribution in [0, 0.1) is 0 Å². The number of carbonyl (C=O) groups excluding carboxylic acids is 2. The first kappa shape index (κ1) is 30.6. The summed E-state index contributed by atoms with van der Waals surface area (Å²) in [6, 6.07) is 12.6. The molecule has 0 saturated carbocycles. The highest BCUT2D eigenvalue weighted by Gasteiger charge is 2.47. The molecule has 1 aliphatic heterocycles. The van der Waals surface area contributed by atoms with Gasteiger partial charge < -0.3 is 14.7 Å². The number of ether oxygens (including phenoxy) is 1. The van der Waals surface area contributed by atoms with Crippen LogP contribution in [0.25, 0.3) is 0 Å². The van der Waals surface area contributed by atoms with Gasteiger partial charge in [0, 0.05) is 35.5 Å². The van der Waals surface area contributed by atoms with Gasteiger partial charge in [-0.1, -0.05) is 47.5 Å². The zero-order valence-corrected chi connectivity index (χ0v) is 24.4. The highest BCUT2D eigenvalue weighted by Crippen LogP contribution is 2.44. The minimum Gasteiger partial charge on any atom is -0.396 e. The van der Waals surface area contributed by atoms with E-state index in [9.17, 15) is 18.0 Å². The Morgan fingerprint density at radius 3 is 2.32 bits per heavy atom. The zero-order valence-electron chi connectivity index (χ0n) is 22.1. The van der Waals surface area contributed by atoms with E-state index in [2.05, 4.69) is 0 Å². The molecule has 0 unspecified atom stereocenters. The Balaban J connectivity index is 2.14. The van der Waals surface area contributed by atoms with Crippen LogP contribution in [0.5, 0.6) is 0 Å². The molecular weight excluding hydrogens is 549 g/mol. The molecule has 0 aliphatic carbocycles. The number of carbonyl (C=O) groups is 2. The number of morpholine rings is 1. The van der Waals surface area contributed by atoms with Crippen molar-refractivity contribution in [2.24, 2.45) is 0 Å². The van der Waals surface area contributed by atoms with Crippen molar-refractivity contribution in [3.63, 3.8) is 0 Å². The highest BCUT2D eigenvalue weighted by molar-refractivity contribution is 7.92. The minimum absolute atomic E-state index is 0.111. The van der Waals surface area contributed by atoms with E-state index in [1.54, 1.807) is 75.1 Å². The fraction of sp³-hybridized carbons (Fsp3) is 0.500. The highest BCUT2D eigenvalue weighted by atomic mass is 35.5. The standard InChI is InChI=1S/C28H35Cl2NO6S/c1-18(17-38(35,36)28(2,3)4)31-25(19-10-12-21(29)13-11-19)26(20-7-5-8-22(30)15-20)37-24(27(31)34)16-23(33)9-6-14-32/h5,7-8,10-13,15,18,24-26,32H,6,9,14,16-17H2,1-4H3/t18-,24+,25+,26+/m0/s1. The van der Waals surface area contributed by atoms with Gasteiger partial charge in [-0.2, -0.15) is 0 Å². The third kappa shape index (κ3) is 7.16. The Morgan fingerprint density at radius 1 is 1.08 bits per heavy atom. The van der Waals surface area contributed by atoms with Gasteiger partial charge in [0.25, 0.3) is 5.91 Å². The number of hydrogen-bond donors (Lipinski definition) is 1. The molecule has 0 spiro atoms. The lowest BCUT2D eigenvalue weighted by molar-refractivity contribution is -0.179. The average Bonchev–Trinajstić information content (AvgIpc) is 2.83. The van der Waals surface area contributed by atoms with E-state index in [0.717, 1.165) is 0 Å². The largest absolute Gasteiger partial charge is 0.396 e. The molecule has 1 N–H and O–H groups in total. The van der Waals surface area contributed by atoms with Crippen LogP contribution in [-0.4, -0.2) is 59.4 Å². The molecule has 1 amide bonds. The van der Waals surface area contributed by atoms with Crippen LogP contribution in [0.15, 0.2) is 48.5 Å². The lowest BCUT2D eigenvalue weighted by Gasteiger charge is -2.47. The van der Waals surface area contributed by atoms with Crippen LogP contribution in [0.3, 0.4) is 0 Å². The number of aliphatic hydroxyl groups excluding tert-OH is 1. The maximum Gasteiger partial charge on any atom is 0.253 e. The van der Waals surface area contributed by atoms with Crippen molar-refractivity contribution >= 4 is 44.7 Å². The molecule has 4 atom stereocenters. The van der Waals surface area contributed by atoms with Gasteiger partial charge in [0.2, 0.25) is 0 Å². The molecule has 2 aromatic rings. The Morgan fingerprint density at radius 2 is 1.74 bits per heavy atom. The number of halogens is 2. The number of ketones is 1. The van der Waals surface area contributed by atoms with Gasteiger partial charge in [0.15, 0.2) is 9.84 Å². The third-order valence-electron chi connectivity index (χ3n) is 6.71. The molecule has 10 heteroatoms. The molecule has 7 nitrogen and oxygen atoms in total.